The summed E-state index contributed by atoms with van der Waals surface area (Å²) in [5, 5.41) is 13.7. The zero-order valence-corrected chi connectivity index (χ0v) is 10.9. The number of halogens is 1. The first-order valence-electron chi connectivity index (χ1n) is 5.78. The Balaban J connectivity index is 2.40. The van der Waals surface area contributed by atoms with Gasteiger partial charge in [-0.1, -0.05) is 0 Å². The van der Waals surface area contributed by atoms with Crippen LogP contribution in [-0.4, -0.2) is 17.0 Å². The van der Waals surface area contributed by atoms with E-state index in [0.29, 0.717) is 11.4 Å². The lowest BCUT2D eigenvalue weighted by atomic mass is 10.2. The zero-order chi connectivity index (χ0) is 14.7. The van der Waals surface area contributed by atoms with Crippen LogP contribution in [0.4, 0.5) is 15.9 Å². The van der Waals surface area contributed by atoms with E-state index in [1.165, 1.54) is 30.3 Å². The second-order valence-corrected chi connectivity index (χ2v) is 4.04. The van der Waals surface area contributed by atoms with E-state index in [-0.39, 0.29) is 23.1 Å². The molecular weight excluding hydrogens is 265 g/mol. The Labute approximate surface area is 114 Å². The van der Waals surface area contributed by atoms with Crippen molar-refractivity contribution in [2.24, 2.45) is 0 Å². The summed E-state index contributed by atoms with van der Waals surface area (Å²) < 4.78 is 18.6. The number of hydrogen-bond acceptors (Lipinski definition) is 5. The Morgan fingerprint density at radius 1 is 1.35 bits per heavy atom. The number of hydrogen-bond donors (Lipinski definition) is 1. The third-order valence-corrected chi connectivity index (χ3v) is 2.64. The molecule has 104 valence electrons. The summed E-state index contributed by atoms with van der Waals surface area (Å²) in [6.45, 7) is 1.58. The van der Waals surface area contributed by atoms with Gasteiger partial charge in [-0.05, 0) is 36.8 Å². The molecule has 0 unspecified atom stereocenters. The molecule has 0 aliphatic carbocycles. The molecule has 1 heterocycles. The minimum Gasteiger partial charge on any atom is -0.434 e. The molecule has 6 nitrogen and oxygen atoms in total. The fraction of sp³-hybridized carbons (Fsp3) is 0.154. The summed E-state index contributed by atoms with van der Waals surface area (Å²) in [5.74, 6) is 0.203. The first-order valence-corrected chi connectivity index (χ1v) is 5.78. The van der Waals surface area contributed by atoms with Crippen molar-refractivity contribution < 1.29 is 14.1 Å². The number of pyridine rings is 1. The van der Waals surface area contributed by atoms with Gasteiger partial charge >= 0.3 is 11.6 Å². The number of aromatic nitrogens is 1. The summed E-state index contributed by atoms with van der Waals surface area (Å²) in [5.41, 5.74) is 0.126. The molecule has 0 saturated heterocycles. The Morgan fingerprint density at radius 2 is 2.10 bits per heavy atom. The van der Waals surface area contributed by atoms with Crippen LogP contribution >= 0.6 is 0 Å². The van der Waals surface area contributed by atoms with E-state index >= 15 is 0 Å². The second kappa shape index (κ2) is 5.52. The maximum absolute atomic E-state index is 13.2. The van der Waals surface area contributed by atoms with E-state index in [0.717, 1.165) is 0 Å². The molecule has 0 saturated carbocycles. The van der Waals surface area contributed by atoms with Gasteiger partial charge in [-0.15, -0.1) is 0 Å². The van der Waals surface area contributed by atoms with Crippen molar-refractivity contribution in [2.45, 2.75) is 6.92 Å². The van der Waals surface area contributed by atoms with Crippen molar-refractivity contribution in [3.63, 3.8) is 0 Å². The Hall–Kier alpha value is -2.70. The fourth-order valence-electron chi connectivity index (χ4n) is 1.58. The molecule has 2 aromatic rings. The molecule has 0 radical (unpaired) electrons. The average molecular weight is 277 g/mol. The molecule has 0 amide bonds. The van der Waals surface area contributed by atoms with Crippen molar-refractivity contribution in [1.29, 1.82) is 0 Å². The van der Waals surface area contributed by atoms with E-state index < -0.39 is 4.92 Å². The first kappa shape index (κ1) is 13.7. The molecule has 0 aliphatic heterocycles. The molecule has 0 fully saturated rings. The van der Waals surface area contributed by atoms with E-state index in [2.05, 4.69) is 10.3 Å². The van der Waals surface area contributed by atoms with Gasteiger partial charge in [-0.2, -0.15) is 4.98 Å². The molecule has 0 atom stereocenters. The van der Waals surface area contributed by atoms with E-state index in [1.54, 1.807) is 14.0 Å². The largest absolute Gasteiger partial charge is 0.434 e. The molecule has 2 rings (SSSR count). The lowest BCUT2D eigenvalue weighted by molar-refractivity contribution is -0.386. The van der Waals surface area contributed by atoms with Gasteiger partial charge in [0.05, 0.1) is 4.92 Å². The normalized spacial score (nSPS) is 10.2. The molecule has 1 aromatic heterocycles. The SMILES string of the molecule is CNc1ccc([N+](=O)[O-])c(Oc2ccc(F)c(C)c2)n1. The summed E-state index contributed by atoms with van der Waals surface area (Å²) >= 11 is 0. The maximum Gasteiger partial charge on any atom is 0.331 e. The molecule has 1 N–H and O–H groups in total. The quantitative estimate of drug-likeness (QED) is 0.685. The average Bonchev–Trinajstić information content (AvgIpc) is 2.42. The highest BCUT2D eigenvalue weighted by Gasteiger charge is 2.18. The maximum atomic E-state index is 13.2. The third-order valence-electron chi connectivity index (χ3n) is 2.64. The van der Waals surface area contributed by atoms with Gasteiger partial charge in [0, 0.05) is 13.1 Å². The lowest BCUT2D eigenvalue weighted by Crippen LogP contribution is -1.99. The van der Waals surface area contributed by atoms with Gasteiger partial charge in [-0.25, -0.2) is 4.39 Å². The number of nitrogens with zero attached hydrogens (tertiary/aromatic N) is 2. The van der Waals surface area contributed by atoms with Crippen molar-refractivity contribution in [3.8, 4) is 11.6 Å². The van der Waals surface area contributed by atoms with Crippen LogP contribution in [-0.2, 0) is 0 Å². The highest BCUT2D eigenvalue weighted by atomic mass is 19.1. The number of anilines is 1. The van der Waals surface area contributed by atoms with Gasteiger partial charge in [0.15, 0.2) is 0 Å². The zero-order valence-electron chi connectivity index (χ0n) is 10.9. The Morgan fingerprint density at radius 3 is 2.70 bits per heavy atom. The van der Waals surface area contributed by atoms with Gasteiger partial charge in [-0.3, -0.25) is 10.1 Å². The number of rotatable bonds is 4. The molecule has 7 heteroatoms. The highest BCUT2D eigenvalue weighted by Crippen LogP contribution is 2.31. The van der Waals surface area contributed by atoms with E-state index in [1.807, 2.05) is 0 Å². The topological polar surface area (TPSA) is 77.3 Å². The van der Waals surface area contributed by atoms with Crippen LogP contribution in [0.25, 0.3) is 0 Å². The minimum atomic E-state index is -0.585. The standard InChI is InChI=1S/C13H12FN3O3/c1-8-7-9(3-4-10(8)14)20-13-11(17(18)19)5-6-12(15-2)16-13/h3-7H,1-2H3,(H,15,16). The smallest absolute Gasteiger partial charge is 0.331 e. The van der Waals surface area contributed by atoms with Crippen LogP contribution in [0, 0.1) is 22.9 Å². The van der Waals surface area contributed by atoms with Crippen LogP contribution in [0.3, 0.4) is 0 Å². The van der Waals surface area contributed by atoms with Crippen LogP contribution in [0.1, 0.15) is 5.56 Å². The second-order valence-electron chi connectivity index (χ2n) is 4.04. The molecule has 0 bridgehead atoms. The minimum absolute atomic E-state index is 0.146. The highest BCUT2D eigenvalue weighted by molar-refractivity contribution is 5.50. The predicted molar refractivity (Wildman–Crippen MR) is 71.6 cm³/mol. The number of benzene rings is 1. The van der Waals surface area contributed by atoms with Crippen molar-refractivity contribution in [3.05, 3.63) is 51.8 Å². The van der Waals surface area contributed by atoms with Gasteiger partial charge < -0.3 is 10.1 Å². The molecule has 0 aliphatic rings. The number of aryl methyl sites for hydroxylation is 1. The number of nitro groups is 1. The summed E-state index contributed by atoms with van der Waals surface area (Å²) in [4.78, 5) is 14.3. The van der Waals surface area contributed by atoms with Crippen LogP contribution in [0.5, 0.6) is 11.6 Å². The van der Waals surface area contributed by atoms with Crippen molar-refractivity contribution >= 4 is 11.5 Å². The Bertz CT molecular complexity index is 661. The fourth-order valence-corrected chi connectivity index (χ4v) is 1.58. The van der Waals surface area contributed by atoms with Crippen molar-refractivity contribution in [2.75, 3.05) is 12.4 Å². The number of nitrogens with one attached hydrogen (secondary N) is 1. The molecular formula is C13H12FN3O3. The molecule has 0 spiro atoms. The number of ether oxygens (including phenoxy) is 1. The van der Waals surface area contributed by atoms with Crippen LogP contribution in [0.2, 0.25) is 0 Å². The third kappa shape index (κ3) is 2.82. The first-order chi connectivity index (χ1) is 9.51. The van der Waals surface area contributed by atoms with Crippen LogP contribution < -0.4 is 10.1 Å². The summed E-state index contributed by atoms with van der Waals surface area (Å²) in [6, 6.07) is 6.84. The summed E-state index contributed by atoms with van der Waals surface area (Å²) in [6.07, 6.45) is 0. The molecule has 1 aromatic carbocycles. The van der Waals surface area contributed by atoms with E-state index in [4.69, 9.17) is 4.74 Å². The molecule has 20 heavy (non-hydrogen) atoms. The van der Waals surface area contributed by atoms with Gasteiger partial charge in [0.2, 0.25) is 0 Å². The Kier molecular flexibility index (Phi) is 3.79. The monoisotopic (exact) mass is 277 g/mol. The van der Waals surface area contributed by atoms with Crippen LogP contribution in [0.15, 0.2) is 30.3 Å². The predicted octanol–water partition coefficient (Wildman–Crippen LogP) is 3.27. The van der Waals surface area contributed by atoms with Gasteiger partial charge in [0.25, 0.3) is 0 Å². The van der Waals surface area contributed by atoms with Crippen molar-refractivity contribution in [1.82, 2.24) is 4.98 Å². The van der Waals surface area contributed by atoms with Gasteiger partial charge in [0.1, 0.15) is 17.4 Å². The summed E-state index contributed by atoms with van der Waals surface area (Å²) in [7, 11) is 1.64. The lowest BCUT2D eigenvalue weighted by Gasteiger charge is -2.08. The van der Waals surface area contributed by atoms with E-state index in [9.17, 15) is 14.5 Å².